The summed E-state index contributed by atoms with van der Waals surface area (Å²) in [5, 5.41) is 3.30. The van der Waals surface area contributed by atoms with Crippen LogP contribution in [0.25, 0.3) is 0 Å². The lowest BCUT2D eigenvalue weighted by atomic mass is 9.87. The van der Waals surface area contributed by atoms with E-state index in [0.29, 0.717) is 17.6 Å². The molecule has 1 aliphatic carbocycles. The molecule has 1 saturated heterocycles. The molecule has 5 heteroatoms. The van der Waals surface area contributed by atoms with Crippen LogP contribution in [0.15, 0.2) is 0 Å². The molecule has 0 aromatic carbocycles. The van der Waals surface area contributed by atoms with Crippen molar-refractivity contribution >= 4 is 10.0 Å². The predicted molar refractivity (Wildman–Crippen MR) is 78.6 cm³/mol. The van der Waals surface area contributed by atoms with Gasteiger partial charge in [0.15, 0.2) is 0 Å². The summed E-state index contributed by atoms with van der Waals surface area (Å²) in [7, 11) is -1.30. The van der Waals surface area contributed by atoms with Crippen molar-refractivity contribution in [3.05, 3.63) is 0 Å². The Bertz CT molecular complexity index is 377. The van der Waals surface area contributed by atoms with Gasteiger partial charge in [-0.3, -0.25) is 0 Å². The molecule has 3 unspecified atom stereocenters. The lowest BCUT2D eigenvalue weighted by molar-refractivity contribution is 0.237. The summed E-state index contributed by atoms with van der Waals surface area (Å²) in [4.78, 5) is 0. The standard InChI is InChI=1S/C14H28N2O2S/c1-12-5-3-7-14(9-12)16(2)19(17,18)11-13-6-4-8-15-10-13/h12-15H,3-11H2,1-2H3. The topological polar surface area (TPSA) is 49.4 Å². The van der Waals surface area contributed by atoms with Crippen molar-refractivity contribution in [3.63, 3.8) is 0 Å². The molecule has 0 bridgehead atoms. The second-order valence-electron chi connectivity index (χ2n) is 6.43. The Hall–Kier alpha value is -0.130. The smallest absolute Gasteiger partial charge is 0.214 e. The summed E-state index contributed by atoms with van der Waals surface area (Å²) in [5.41, 5.74) is 0. The Morgan fingerprint density at radius 2 is 2.00 bits per heavy atom. The molecular formula is C14H28N2O2S. The fraction of sp³-hybridized carbons (Fsp3) is 1.00. The number of nitrogens with one attached hydrogen (secondary N) is 1. The Balaban J connectivity index is 1.93. The maximum atomic E-state index is 12.5. The van der Waals surface area contributed by atoms with Gasteiger partial charge in [-0.15, -0.1) is 0 Å². The van der Waals surface area contributed by atoms with E-state index in [1.54, 1.807) is 11.4 Å². The lowest BCUT2D eigenvalue weighted by Gasteiger charge is -2.34. The van der Waals surface area contributed by atoms with Crippen LogP contribution in [-0.2, 0) is 10.0 Å². The van der Waals surface area contributed by atoms with Gasteiger partial charge in [0.2, 0.25) is 10.0 Å². The summed E-state index contributed by atoms with van der Waals surface area (Å²) in [6.07, 6.45) is 6.61. The third-order valence-corrected chi connectivity index (χ3v) is 6.78. The van der Waals surface area contributed by atoms with Crippen LogP contribution in [0, 0.1) is 11.8 Å². The van der Waals surface area contributed by atoms with Crippen LogP contribution in [0.4, 0.5) is 0 Å². The van der Waals surface area contributed by atoms with E-state index in [9.17, 15) is 8.42 Å². The van der Waals surface area contributed by atoms with Crippen molar-refractivity contribution in [1.29, 1.82) is 0 Å². The first-order chi connectivity index (χ1) is 8.99. The van der Waals surface area contributed by atoms with Crippen LogP contribution in [0.2, 0.25) is 0 Å². The molecule has 1 saturated carbocycles. The second-order valence-corrected chi connectivity index (χ2v) is 8.51. The Kier molecular flexibility index (Phi) is 5.26. The molecule has 112 valence electrons. The van der Waals surface area contributed by atoms with Crippen molar-refractivity contribution in [2.45, 2.75) is 51.5 Å². The van der Waals surface area contributed by atoms with Crippen molar-refractivity contribution in [2.75, 3.05) is 25.9 Å². The zero-order chi connectivity index (χ0) is 13.9. The van der Waals surface area contributed by atoms with Gasteiger partial charge >= 0.3 is 0 Å². The van der Waals surface area contributed by atoms with Gasteiger partial charge in [-0.2, -0.15) is 0 Å². The average Bonchev–Trinajstić information content (AvgIpc) is 2.38. The molecule has 0 amide bonds. The first-order valence-corrected chi connectivity index (χ1v) is 9.26. The van der Waals surface area contributed by atoms with Crippen LogP contribution in [0.1, 0.15) is 45.4 Å². The van der Waals surface area contributed by atoms with E-state index in [4.69, 9.17) is 0 Å². The number of nitrogens with zero attached hydrogens (tertiary/aromatic N) is 1. The molecule has 2 fully saturated rings. The van der Waals surface area contributed by atoms with E-state index in [1.165, 1.54) is 6.42 Å². The second kappa shape index (κ2) is 6.55. The van der Waals surface area contributed by atoms with E-state index in [1.807, 2.05) is 0 Å². The largest absolute Gasteiger partial charge is 0.316 e. The Labute approximate surface area is 118 Å². The van der Waals surface area contributed by atoms with Crippen LogP contribution >= 0.6 is 0 Å². The molecule has 2 rings (SSSR count). The molecule has 3 atom stereocenters. The number of piperidine rings is 1. The van der Waals surface area contributed by atoms with Crippen molar-refractivity contribution in [1.82, 2.24) is 9.62 Å². The Morgan fingerprint density at radius 3 is 2.63 bits per heavy atom. The molecule has 0 radical (unpaired) electrons. The van der Waals surface area contributed by atoms with Gasteiger partial charge in [0.25, 0.3) is 0 Å². The zero-order valence-corrected chi connectivity index (χ0v) is 13.1. The van der Waals surface area contributed by atoms with E-state index in [-0.39, 0.29) is 6.04 Å². The molecule has 4 nitrogen and oxygen atoms in total. The predicted octanol–water partition coefficient (Wildman–Crippen LogP) is 1.83. The van der Waals surface area contributed by atoms with Gasteiger partial charge in [-0.25, -0.2) is 12.7 Å². The van der Waals surface area contributed by atoms with E-state index < -0.39 is 10.0 Å². The fourth-order valence-corrected chi connectivity index (χ4v) is 5.20. The fourth-order valence-electron chi connectivity index (χ4n) is 3.44. The normalized spacial score (nSPS) is 33.5. The van der Waals surface area contributed by atoms with Crippen LogP contribution in [-0.4, -0.2) is 44.7 Å². The molecule has 0 aromatic heterocycles. The van der Waals surface area contributed by atoms with Gasteiger partial charge in [0.1, 0.15) is 0 Å². The highest BCUT2D eigenvalue weighted by Crippen LogP contribution is 2.28. The number of hydrogen-bond donors (Lipinski definition) is 1. The van der Waals surface area contributed by atoms with E-state index in [0.717, 1.165) is 45.2 Å². The summed E-state index contributed by atoms with van der Waals surface area (Å²) in [6, 6.07) is 0.227. The molecule has 19 heavy (non-hydrogen) atoms. The minimum absolute atomic E-state index is 0.227. The van der Waals surface area contributed by atoms with Crippen LogP contribution in [0.3, 0.4) is 0 Å². The van der Waals surface area contributed by atoms with Crippen LogP contribution < -0.4 is 5.32 Å². The third-order valence-electron chi connectivity index (χ3n) is 4.71. The molecule has 1 N–H and O–H groups in total. The van der Waals surface area contributed by atoms with Crippen molar-refractivity contribution in [3.8, 4) is 0 Å². The lowest BCUT2D eigenvalue weighted by Crippen LogP contribution is -2.44. The number of sulfonamides is 1. The van der Waals surface area contributed by atoms with E-state index >= 15 is 0 Å². The van der Waals surface area contributed by atoms with Gasteiger partial charge in [0.05, 0.1) is 5.75 Å². The summed E-state index contributed by atoms with van der Waals surface area (Å²) >= 11 is 0. The minimum Gasteiger partial charge on any atom is -0.316 e. The van der Waals surface area contributed by atoms with Gasteiger partial charge < -0.3 is 5.32 Å². The quantitative estimate of drug-likeness (QED) is 0.858. The van der Waals surface area contributed by atoms with Gasteiger partial charge in [-0.1, -0.05) is 19.8 Å². The summed E-state index contributed by atoms with van der Waals surface area (Å²) in [5.74, 6) is 1.27. The maximum absolute atomic E-state index is 12.5. The molecule has 1 heterocycles. The van der Waals surface area contributed by atoms with Gasteiger partial charge in [-0.05, 0) is 50.6 Å². The Morgan fingerprint density at radius 1 is 1.21 bits per heavy atom. The van der Waals surface area contributed by atoms with Gasteiger partial charge in [0, 0.05) is 13.1 Å². The minimum atomic E-state index is -3.09. The zero-order valence-electron chi connectivity index (χ0n) is 12.3. The van der Waals surface area contributed by atoms with Crippen LogP contribution in [0.5, 0.6) is 0 Å². The average molecular weight is 288 g/mol. The molecule has 2 aliphatic rings. The highest BCUT2D eigenvalue weighted by atomic mass is 32.2. The SMILES string of the molecule is CC1CCCC(N(C)S(=O)(=O)CC2CCCNC2)C1. The maximum Gasteiger partial charge on any atom is 0.214 e. The van der Waals surface area contributed by atoms with E-state index in [2.05, 4.69) is 12.2 Å². The number of hydrogen-bond acceptors (Lipinski definition) is 3. The first kappa shape index (κ1) is 15.3. The summed E-state index contributed by atoms with van der Waals surface area (Å²) < 4.78 is 26.7. The highest BCUT2D eigenvalue weighted by Gasteiger charge is 2.31. The molecule has 0 aromatic rings. The van der Waals surface area contributed by atoms with Crippen molar-refractivity contribution < 1.29 is 8.42 Å². The third kappa shape index (κ3) is 4.17. The highest BCUT2D eigenvalue weighted by molar-refractivity contribution is 7.89. The monoisotopic (exact) mass is 288 g/mol. The summed E-state index contributed by atoms with van der Waals surface area (Å²) in [6.45, 7) is 4.12. The number of rotatable bonds is 4. The molecular weight excluding hydrogens is 260 g/mol. The first-order valence-electron chi connectivity index (χ1n) is 7.65. The van der Waals surface area contributed by atoms with Crippen molar-refractivity contribution in [2.24, 2.45) is 11.8 Å². The molecule has 1 aliphatic heterocycles. The molecule has 0 spiro atoms.